The minimum Gasteiger partial charge on any atom is -0.465 e. The molecule has 0 radical (unpaired) electrons. The quantitative estimate of drug-likeness (QED) is 0.747. The van der Waals surface area contributed by atoms with Crippen LogP contribution in [0.5, 0.6) is 0 Å². The van der Waals surface area contributed by atoms with Crippen LogP contribution in [-0.2, 0) is 24.6 Å². The Balaban J connectivity index is 2.25. The third kappa shape index (κ3) is 4.69. The van der Waals surface area contributed by atoms with Gasteiger partial charge < -0.3 is 4.74 Å². The first-order chi connectivity index (χ1) is 12.0. The fourth-order valence-corrected chi connectivity index (χ4v) is 4.19. The van der Waals surface area contributed by atoms with Gasteiger partial charge in [-0.25, -0.2) is 26.4 Å². The molecule has 0 spiro atoms. The maximum absolute atomic E-state index is 12.5. The molecular formula is C17H19NO6S2. The second-order valence-corrected chi connectivity index (χ2v) is 9.43. The highest BCUT2D eigenvalue weighted by Crippen LogP contribution is 2.20. The van der Waals surface area contributed by atoms with Crippen molar-refractivity contribution in [3.05, 3.63) is 59.7 Å². The Kier molecular flexibility index (Phi) is 5.84. The summed E-state index contributed by atoms with van der Waals surface area (Å²) in [5, 5.41) is 0. The van der Waals surface area contributed by atoms with E-state index >= 15 is 0 Å². The Morgan fingerprint density at radius 2 is 1.62 bits per heavy atom. The summed E-state index contributed by atoms with van der Waals surface area (Å²) in [4.78, 5) is 11.6. The molecule has 0 saturated heterocycles. The fourth-order valence-electron chi connectivity index (χ4n) is 2.28. The number of carbonyl (C=O) groups is 1. The van der Waals surface area contributed by atoms with E-state index in [1.54, 1.807) is 19.1 Å². The molecule has 0 aliphatic carbocycles. The molecule has 140 valence electrons. The second kappa shape index (κ2) is 7.56. The maximum atomic E-state index is 12.5. The van der Waals surface area contributed by atoms with E-state index in [1.807, 2.05) is 0 Å². The lowest BCUT2D eigenvalue weighted by molar-refractivity contribution is 0.0600. The van der Waals surface area contributed by atoms with Gasteiger partial charge in [-0.3, -0.25) is 0 Å². The first-order valence-corrected chi connectivity index (χ1v) is 10.9. The molecule has 0 aliphatic rings. The van der Waals surface area contributed by atoms with Crippen LogP contribution in [0.3, 0.4) is 0 Å². The summed E-state index contributed by atoms with van der Waals surface area (Å²) in [6, 6.07) is 10.9. The summed E-state index contributed by atoms with van der Waals surface area (Å²) in [6.45, 7) is 1.64. The van der Waals surface area contributed by atoms with E-state index in [4.69, 9.17) is 0 Å². The third-order valence-corrected chi connectivity index (χ3v) is 6.37. The van der Waals surface area contributed by atoms with Crippen molar-refractivity contribution in [2.24, 2.45) is 0 Å². The Bertz CT molecular complexity index is 1010. The van der Waals surface area contributed by atoms with Crippen LogP contribution in [0.2, 0.25) is 0 Å². The molecule has 1 N–H and O–H groups in total. The van der Waals surface area contributed by atoms with Crippen LogP contribution in [0, 0.1) is 0 Å². The lowest BCUT2D eigenvalue weighted by Gasteiger charge is -2.15. The summed E-state index contributed by atoms with van der Waals surface area (Å²) < 4.78 is 55.2. The summed E-state index contributed by atoms with van der Waals surface area (Å²) in [5.41, 5.74) is 0.727. The van der Waals surface area contributed by atoms with Crippen molar-refractivity contribution in [2.45, 2.75) is 22.8 Å². The standard InChI is InChI=1S/C17H19NO6S2/c1-12(13-7-9-15(10-8-13)25(3,20)21)18-26(22,23)16-6-4-5-14(11-16)17(19)24-2/h4-12,18H,1-3H3/t12-/m0/s1. The molecule has 0 aliphatic heterocycles. The zero-order valence-corrected chi connectivity index (χ0v) is 16.1. The summed E-state index contributed by atoms with van der Waals surface area (Å²) in [7, 11) is -6.00. The highest BCUT2D eigenvalue weighted by Gasteiger charge is 2.20. The number of rotatable bonds is 6. The lowest BCUT2D eigenvalue weighted by atomic mass is 10.1. The predicted octanol–water partition coefficient (Wildman–Crippen LogP) is 1.92. The van der Waals surface area contributed by atoms with Gasteiger partial charge in [0.1, 0.15) is 0 Å². The number of hydrogen-bond donors (Lipinski definition) is 1. The Morgan fingerprint density at radius 3 is 2.15 bits per heavy atom. The number of sulfonamides is 1. The molecule has 0 heterocycles. The molecule has 9 heteroatoms. The number of esters is 1. The Labute approximate surface area is 153 Å². The van der Waals surface area contributed by atoms with Crippen molar-refractivity contribution in [1.29, 1.82) is 0 Å². The molecule has 26 heavy (non-hydrogen) atoms. The van der Waals surface area contributed by atoms with Gasteiger partial charge in [0.25, 0.3) is 0 Å². The van der Waals surface area contributed by atoms with Crippen molar-refractivity contribution in [2.75, 3.05) is 13.4 Å². The second-order valence-electron chi connectivity index (χ2n) is 5.70. The van der Waals surface area contributed by atoms with E-state index < -0.39 is 31.9 Å². The van der Waals surface area contributed by atoms with Gasteiger partial charge >= 0.3 is 5.97 Å². The molecular weight excluding hydrogens is 378 g/mol. The van der Waals surface area contributed by atoms with Crippen molar-refractivity contribution in [1.82, 2.24) is 4.72 Å². The average Bonchev–Trinajstić information content (AvgIpc) is 2.60. The van der Waals surface area contributed by atoms with Gasteiger partial charge in [-0.05, 0) is 42.8 Å². The highest BCUT2D eigenvalue weighted by molar-refractivity contribution is 7.90. The molecule has 0 aromatic heterocycles. The fraction of sp³-hybridized carbons (Fsp3) is 0.235. The summed E-state index contributed by atoms with van der Waals surface area (Å²) in [6.07, 6.45) is 1.10. The smallest absolute Gasteiger partial charge is 0.337 e. The van der Waals surface area contributed by atoms with Crippen LogP contribution in [-0.4, -0.2) is 36.2 Å². The molecule has 0 amide bonds. The molecule has 1 atom stereocenters. The van der Waals surface area contributed by atoms with Crippen molar-refractivity contribution in [3.63, 3.8) is 0 Å². The number of carbonyl (C=O) groups excluding carboxylic acids is 1. The predicted molar refractivity (Wildman–Crippen MR) is 96.1 cm³/mol. The third-order valence-electron chi connectivity index (χ3n) is 3.71. The van der Waals surface area contributed by atoms with Gasteiger partial charge in [-0.2, -0.15) is 0 Å². The number of sulfone groups is 1. The van der Waals surface area contributed by atoms with Crippen molar-refractivity contribution < 1.29 is 26.4 Å². The van der Waals surface area contributed by atoms with Crippen LogP contribution in [0.1, 0.15) is 28.9 Å². The molecule has 2 aromatic carbocycles. The van der Waals surface area contributed by atoms with Crippen molar-refractivity contribution >= 4 is 25.8 Å². The van der Waals surface area contributed by atoms with Gasteiger partial charge in [0.2, 0.25) is 10.0 Å². The minimum atomic E-state index is -3.89. The van der Waals surface area contributed by atoms with E-state index in [2.05, 4.69) is 9.46 Å². The Morgan fingerprint density at radius 1 is 1.00 bits per heavy atom. The zero-order valence-electron chi connectivity index (χ0n) is 14.5. The van der Waals surface area contributed by atoms with E-state index in [0.717, 1.165) is 6.26 Å². The number of ether oxygens (including phenoxy) is 1. The SMILES string of the molecule is COC(=O)c1cccc(S(=O)(=O)N[C@@H](C)c2ccc(S(C)(=O)=O)cc2)c1. The van der Waals surface area contributed by atoms with Crippen LogP contribution in [0.4, 0.5) is 0 Å². The molecule has 2 rings (SSSR count). The lowest BCUT2D eigenvalue weighted by Crippen LogP contribution is -2.27. The van der Waals surface area contributed by atoms with E-state index in [9.17, 15) is 21.6 Å². The molecule has 2 aromatic rings. The van der Waals surface area contributed by atoms with Crippen LogP contribution in [0.25, 0.3) is 0 Å². The number of hydrogen-bond acceptors (Lipinski definition) is 6. The zero-order chi connectivity index (χ0) is 19.5. The largest absolute Gasteiger partial charge is 0.465 e. The van der Waals surface area contributed by atoms with E-state index in [0.29, 0.717) is 5.56 Å². The number of benzene rings is 2. The summed E-state index contributed by atoms with van der Waals surface area (Å²) >= 11 is 0. The highest BCUT2D eigenvalue weighted by atomic mass is 32.2. The van der Waals surface area contributed by atoms with Gasteiger partial charge in [0.05, 0.1) is 22.5 Å². The first kappa shape index (κ1) is 20.1. The van der Waals surface area contributed by atoms with Gasteiger partial charge in [0.15, 0.2) is 9.84 Å². The number of nitrogens with one attached hydrogen (secondary N) is 1. The van der Waals surface area contributed by atoms with Crippen LogP contribution >= 0.6 is 0 Å². The van der Waals surface area contributed by atoms with E-state index in [-0.39, 0.29) is 15.4 Å². The van der Waals surface area contributed by atoms with Crippen LogP contribution < -0.4 is 4.72 Å². The maximum Gasteiger partial charge on any atom is 0.337 e. The average molecular weight is 397 g/mol. The minimum absolute atomic E-state index is 0.0694. The van der Waals surface area contributed by atoms with E-state index in [1.165, 1.54) is 43.5 Å². The number of methoxy groups -OCH3 is 1. The molecule has 0 bridgehead atoms. The first-order valence-electron chi connectivity index (χ1n) is 7.55. The molecule has 0 fully saturated rings. The monoisotopic (exact) mass is 397 g/mol. The van der Waals surface area contributed by atoms with Gasteiger partial charge in [-0.1, -0.05) is 18.2 Å². The van der Waals surface area contributed by atoms with Gasteiger partial charge in [-0.15, -0.1) is 0 Å². The van der Waals surface area contributed by atoms with Crippen LogP contribution in [0.15, 0.2) is 58.3 Å². The molecule has 7 nitrogen and oxygen atoms in total. The van der Waals surface area contributed by atoms with Gasteiger partial charge in [0, 0.05) is 12.3 Å². The molecule has 0 saturated carbocycles. The normalized spacial score (nSPS) is 13.2. The topological polar surface area (TPSA) is 107 Å². The summed E-state index contributed by atoms with van der Waals surface area (Å²) in [5.74, 6) is -0.633. The van der Waals surface area contributed by atoms with Crippen molar-refractivity contribution in [3.8, 4) is 0 Å². The Hall–Kier alpha value is -2.23. The molecule has 0 unspecified atom stereocenters.